The second-order valence-corrected chi connectivity index (χ2v) is 15.5. The number of carbonyl (C=O) groups excluding carboxylic acids is 2. The van der Waals surface area contributed by atoms with Gasteiger partial charge in [-0.1, -0.05) is 95.1 Å². The number of amides is 2. The lowest BCUT2D eigenvalue weighted by Crippen LogP contribution is -2.39. The summed E-state index contributed by atoms with van der Waals surface area (Å²) in [6.07, 6.45) is 2.66. The first-order chi connectivity index (χ1) is 24.8. The van der Waals surface area contributed by atoms with Crippen LogP contribution in [0.1, 0.15) is 39.8 Å². The number of fused-ring (bicyclic) bond motifs is 6. The number of halogens is 2. The molecule has 2 N–H and O–H groups in total. The van der Waals surface area contributed by atoms with Gasteiger partial charge >= 0.3 is 0 Å². The molecule has 2 amide bonds. The zero-order valence-electron chi connectivity index (χ0n) is 29.0. The number of hydrogen-bond acceptors (Lipinski definition) is 7. The Labute approximate surface area is 326 Å². The number of aromatic nitrogens is 1. The number of nitrogens with zero attached hydrogens (tertiary/aromatic N) is 3. The molecule has 5 aromatic rings. The Kier molecular flexibility index (Phi) is 14.1. The van der Waals surface area contributed by atoms with Gasteiger partial charge in [0.1, 0.15) is 13.1 Å². The summed E-state index contributed by atoms with van der Waals surface area (Å²) in [5, 5.41) is 5.99. The fourth-order valence-electron chi connectivity index (χ4n) is 5.42. The normalized spacial score (nSPS) is 12.7. The lowest BCUT2D eigenvalue weighted by Gasteiger charge is -2.31. The van der Waals surface area contributed by atoms with Crippen LogP contribution in [0.5, 0.6) is 0 Å². The number of nitrogens with one attached hydrogen (secondary N) is 2. The maximum Gasteiger partial charge on any atom is 0.240 e. The van der Waals surface area contributed by atoms with Crippen LogP contribution in [-0.4, -0.2) is 35.9 Å². The molecule has 1 unspecified atom stereocenters. The van der Waals surface area contributed by atoms with Gasteiger partial charge in [0.2, 0.25) is 11.8 Å². The summed E-state index contributed by atoms with van der Waals surface area (Å²) >= 11 is 10.3. The predicted molar refractivity (Wildman–Crippen MR) is 221 cm³/mol. The average molecular weight is 848 g/mol. The third-order valence-corrected chi connectivity index (χ3v) is 11.2. The molecule has 51 heavy (non-hydrogen) atoms. The molecule has 0 aliphatic carbocycles. The van der Waals surface area contributed by atoms with E-state index >= 15 is 0 Å². The zero-order valence-corrected chi connectivity index (χ0v) is 33.8. The van der Waals surface area contributed by atoms with Crippen LogP contribution < -0.4 is 19.2 Å². The molecule has 0 radical (unpaired) electrons. The Bertz CT molecular complexity index is 1960. The van der Waals surface area contributed by atoms with Gasteiger partial charge in [0, 0.05) is 42.1 Å². The van der Waals surface area contributed by atoms with E-state index in [2.05, 4.69) is 107 Å². The minimum atomic E-state index is -0.0311. The molecule has 0 saturated heterocycles. The molecule has 7 nitrogen and oxygen atoms in total. The van der Waals surface area contributed by atoms with Gasteiger partial charge in [-0.3, -0.25) is 14.6 Å². The van der Waals surface area contributed by atoms with Gasteiger partial charge in [0.05, 0.1) is 23.6 Å². The Morgan fingerprint density at radius 1 is 0.706 bits per heavy atom. The first kappa shape index (κ1) is 38.5. The summed E-state index contributed by atoms with van der Waals surface area (Å²) in [4.78, 5) is 31.3. The van der Waals surface area contributed by atoms with E-state index in [1.165, 1.54) is 16.0 Å². The third-order valence-electron chi connectivity index (χ3n) is 8.01. The number of rotatable bonds is 8. The Hall–Kier alpha value is -3.77. The van der Waals surface area contributed by atoms with E-state index in [0.29, 0.717) is 13.1 Å². The van der Waals surface area contributed by atoms with Crippen LogP contribution in [0.25, 0.3) is 22.3 Å². The van der Waals surface area contributed by atoms with Gasteiger partial charge in [-0.25, -0.2) is 0 Å². The second-order valence-electron chi connectivity index (χ2n) is 11.5. The molecule has 0 spiro atoms. The van der Waals surface area contributed by atoms with Gasteiger partial charge in [-0.15, -0.1) is 0 Å². The minimum absolute atomic E-state index is 0.0311. The van der Waals surface area contributed by atoms with Crippen molar-refractivity contribution in [2.45, 2.75) is 56.5 Å². The van der Waals surface area contributed by atoms with E-state index in [4.69, 9.17) is 0 Å². The molecule has 1 aromatic heterocycles. The van der Waals surface area contributed by atoms with Crippen LogP contribution in [-0.2, 0) is 16.1 Å². The lowest BCUT2D eigenvalue weighted by molar-refractivity contribution is -0.120. The van der Waals surface area contributed by atoms with Crippen molar-refractivity contribution in [1.29, 1.82) is 0 Å². The van der Waals surface area contributed by atoms with E-state index < -0.39 is 0 Å². The van der Waals surface area contributed by atoms with Crippen molar-refractivity contribution in [3.8, 4) is 22.3 Å². The van der Waals surface area contributed by atoms with Crippen LogP contribution in [0.15, 0.2) is 128 Å². The number of hydrogen-bond donors (Lipinski definition) is 2. The van der Waals surface area contributed by atoms with Crippen LogP contribution in [0.4, 0.5) is 11.4 Å². The first-order valence-corrected chi connectivity index (χ1v) is 20.1. The van der Waals surface area contributed by atoms with Gasteiger partial charge in [0.15, 0.2) is 0 Å². The maximum atomic E-state index is 12.5. The topological polar surface area (TPSA) is 77.6 Å². The Morgan fingerprint density at radius 3 is 1.73 bits per heavy atom. The molecule has 4 aromatic carbocycles. The Balaban J connectivity index is 0.000000190. The molecule has 0 fully saturated rings. The lowest BCUT2D eigenvalue weighted by atomic mass is 10.0. The molecule has 2 aliphatic rings. The average Bonchev–Trinajstić information content (AvgIpc) is 3.15. The van der Waals surface area contributed by atoms with Gasteiger partial charge < -0.3 is 19.2 Å². The van der Waals surface area contributed by atoms with Gasteiger partial charge in [0.25, 0.3) is 0 Å². The predicted octanol–water partition coefficient (Wildman–Crippen LogP) is 10.5. The molecule has 11 heteroatoms. The van der Waals surface area contributed by atoms with Crippen molar-refractivity contribution in [3.63, 3.8) is 0 Å². The summed E-state index contributed by atoms with van der Waals surface area (Å²) in [7, 11) is 0. The molecular weight excluding hydrogens is 806 g/mol. The summed E-state index contributed by atoms with van der Waals surface area (Å²) < 4.78 is 6.18. The highest BCUT2D eigenvalue weighted by atomic mass is 79.9. The molecule has 0 saturated carbocycles. The fraction of sp³-hybridized carbons (Fsp3) is 0.225. The quantitative estimate of drug-likeness (QED) is 0.151. The van der Waals surface area contributed by atoms with E-state index in [9.17, 15) is 9.59 Å². The van der Waals surface area contributed by atoms with Crippen molar-refractivity contribution >= 4 is 78.9 Å². The van der Waals surface area contributed by atoms with Gasteiger partial charge in [-0.05, 0) is 109 Å². The first-order valence-electron chi connectivity index (χ1n) is 16.9. The molecule has 2 aliphatic heterocycles. The van der Waals surface area contributed by atoms with Gasteiger partial charge in [-0.2, -0.15) is 0 Å². The van der Waals surface area contributed by atoms with Crippen molar-refractivity contribution in [1.82, 2.24) is 15.6 Å². The van der Waals surface area contributed by atoms with E-state index in [-0.39, 0.29) is 24.4 Å². The smallest absolute Gasteiger partial charge is 0.240 e. The number of carbonyl (C=O) groups is 2. The van der Waals surface area contributed by atoms with Crippen molar-refractivity contribution in [2.24, 2.45) is 0 Å². The molecular formula is C40H41Br2N5O2S2. The highest BCUT2D eigenvalue weighted by molar-refractivity contribution is 9.10. The highest BCUT2D eigenvalue weighted by Crippen LogP contribution is 2.48. The van der Waals surface area contributed by atoms with Crippen LogP contribution >= 0.6 is 55.8 Å². The SMILES string of the molecule is CC.CCC(C)NC(=O)CN1Sc2ccccc2-c2cc(Br)ccc21.O=C(CN1Sc2ccccc2-c2cc(Br)ccc21)NCc1ccccn1. The van der Waals surface area contributed by atoms with E-state index in [0.717, 1.165) is 48.5 Å². The maximum absolute atomic E-state index is 12.5. The molecule has 7 rings (SSSR count). The number of benzene rings is 4. The highest BCUT2D eigenvalue weighted by Gasteiger charge is 2.26. The van der Waals surface area contributed by atoms with Crippen molar-refractivity contribution in [3.05, 3.63) is 124 Å². The molecule has 1 atom stereocenters. The second kappa shape index (κ2) is 18.6. The minimum Gasteiger partial charge on any atom is -0.352 e. The summed E-state index contributed by atoms with van der Waals surface area (Å²) in [6, 6.07) is 34.8. The Morgan fingerprint density at radius 2 is 1.22 bits per heavy atom. The summed E-state index contributed by atoms with van der Waals surface area (Å²) in [5.74, 6) is 0.0245. The van der Waals surface area contributed by atoms with E-state index in [1.54, 1.807) is 30.1 Å². The van der Waals surface area contributed by atoms with Crippen molar-refractivity contribution < 1.29 is 9.59 Å². The zero-order chi connectivity index (χ0) is 36.3. The number of pyridine rings is 1. The molecule has 0 bridgehead atoms. The largest absolute Gasteiger partial charge is 0.352 e. The summed E-state index contributed by atoms with van der Waals surface area (Å²) in [5.41, 5.74) is 7.67. The standard InChI is InChI=1S/C20H16BrN3OS.C18H19BrN2OS.C2H6/c21-14-8-9-18-17(11-14)16-6-1-2-7-19(16)26-24(18)13-20(25)23-12-15-5-3-4-10-22-15;1-3-12(2)20-18(22)11-21-16-9-8-13(19)10-15(16)14-6-4-5-7-17(14)23-21;1-2/h1-11H,12-13H2,(H,23,25);4-10,12H,3,11H2,1-2H3,(H,20,22);1-2H3. The van der Waals surface area contributed by atoms with E-state index in [1.807, 2.05) is 79.7 Å². The third kappa shape index (κ3) is 9.97. The van der Waals surface area contributed by atoms with Crippen LogP contribution in [0.3, 0.4) is 0 Å². The summed E-state index contributed by atoms with van der Waals surface area (Å²) in [6.45, 7) is 9.16. The van der Waals surface area contributed by atoms with Crippen LogP contribution in [0, 0.1) is 0 Å². The number of anilines is 2. The fourth-order valence-corrected chi connectivity index (χ4v) is 8.33. The monoisotopic (exact) mass is 845 g/mol. The molecule has 264 valence electrons. The van der Waals surface area contributed by atoms with Crippen LogP contribution in [0.2, 0.25) is 0 Å². The van der Waals surface area contributed by atoms with Crippen molar-refractivity contribution in [2.75, 3.05) is 21.7 Å². The molecule has 3 heterocycles.